The highest BCUT2D eigenvalue weighted by Gasteiger charge is 2.76. The maximum atomic E-state index is 12.3. The lowest BCUT2D eigenvalue weighted by molar-refractivity contribution is -0.135. The van der Waals surface area contributed by atoms with Crippen molar-refractivity contribution < 1.29 is 9.59 Å². The molecule has 3 atom stereocenters. The van der Waals surface area contributed by atoms with Crippen LogP contribution in [0.3, 0.4) is 0 Å². The number of fused-ring (bicyclic) bond motifs is 2. The fourth-order valence-corrected chi connectivity index (χ4v) is 5.19. The Morgan fingerprint density at radius 2 is 1.94 bits per heavy atom. The van der Waals surface area contributed by atoms with Crippen molar-refractivity contribution in [2.45, 2.75) is 38.4 Å². The molecule has 2 bridgehead atoms. The van der Waals surface area contributed by atoms with Crippen molar-refractivity contribution in [3.05, 3.63) is 0 Å². The van der Waals surface area contributed by atoms with E-state index in [1.807, 2.05) is 6.92 Å². The summed E-state index contributed by atoms with van der Waals surface area (Å²) in [5.74, 6) is 0.182. The Bertz CT molecular complexity index is 379. The maximum Gasteiger partial charge on any atom is 0.228 e. The van der Waals surface area contributed by atoms with Gasteiger partial charge in [0.25, 0.3) is 0 Å². The number of carbonyl (C=O) groups excluding carboxylic acids is 2. The minimum Gasteiger partial charge on any atom is -0.359 e. The van der Waals surface area contributed by atoms with E-state index in [2.05, 4.69) is 35.1 Å². The van der Waals surface area contributed by atoms with E-state index in [1.54, 1.807) is 7.05 Å². The monoisotopic (exact) mass is 287 g/mol. The molecule has 1 amide bonds. The van der Waals surface area contributed by atoms with E-state index in [9.17, 15) is 9.59 Å². The first-order valence-electron chi connectivity index (χ1n) is 5.66. The molecule has 16 heavy (non-hydrogen) atoms. The summed E-state index contributed by atoms with van der Waals surface area (Å²) >= 11 is 3.46. The van der Waals surface area contributed by atoms with Gasteiger partial charge in [-0.3, -0.25) is 9.59 Å². The third-order valence-electron chi connectivity index (χ3n) is 5.35. The SMILES string of the molecule is CNC(=O)[C@@]12CC[C@@](C)(C(=O)[C@H]1Br)C2(C)C. The smallest absolute Gasteiger partial charge is 0.228 e. The normalized spacial score (nSPS) is 44.8. The predicted octanol–water partition coefficient (Wildman–Crippen LogP) is 1.89. The maximum absolute atomic E-state index is 12.3. The highest BCUT2D eigenvalue weighted by atomic mass is 79.9. The number of nitrogens with one attached hydrogen (secondary N) is 1. The van der Waals surface area contributed by atoms with Crippen LogP contribution in [0.5, 0.6) is 0 Å². The Kier molecular flexibility index (Phi) is 2.34. The summed E-state index contributed by atoms with van der Waals surface area (Å²) in [6.45, 7) is 6.10. The molecule has 2 rings (SSSR count). The summed E-state index contributed by atoms with van der Waals surface area (Å²) in [6, 6.07) is 0. The van der Waals surface area contributed by atoms with Gasteiger partial charge in [0.15, 0.2) is 5.78 Å². The van der Waals surface area contributed by atoms with Gasteiger partial charge in [-0.2, -0.15) is 0 Å². The Balaban J connectivity index is 2.63. The molecule has 0 aromatic rings. The minimum absolute atomic E-state index is 0.00560. The average molecular weight is 288 g/mol. The first-order chi connectivity index (χ1) is 7.25. The fourth-order valence-electron chi connectivity index (χ4n) is 3.68. The number of hydrogen-bond acceptors (Lipinski definition) is 2. The molecule has 0 unspecified atom stereocenters. The minimum atomic E-state index is -0.576. The van der Waals surface area contributed by atoms with Crippen LogP contribution in [0.2, 0.25) is 0 Å². The largest absolute Gasteiger partial charge is 0.359 e. The number of hydrogen-bond donors (Lipinski definition) is 1. The second-order valence-electron chi connectivity index (χ2n) is 5.73. The summed E-state index contributed by atoms with van der Waals surface area (Å²) in [4.78, 5) is 24.2. The van der Waals surface area contributed by atoms with Gasteiger partial charge in [-0.1, -0.05) is 36.7 Å². The van der Waals surface area contributed by atoms with Gasteiger partial charge in [0, 0.05) is 12.5 Å². The highest BCUT2D eigenvalue weighted by Crippen LogP contribution is 2.72. The molecule has 0 aromatic heterocycles. The molecule has 4 heteroatoms. The van der Waals surface area contributed by atoms with Gasteiger partial charge in [-0.25, -0.2) is 0 Å². The predicted molar refractivity (Wildman–Crippen MR) is 65.3 cm³/mol. The molecule has 1 N–H and O–H groups in total. The molecule has 2 saturated carbocycles. The topological polar surface area (TPSA) is 46.2 Å². The number of carbonyl (C=O) groups is 2. The summed E-state index contributed by atoms with van der Waals surface area (Å²) in [6.07, 6.45) is 1.60. The molecule has 2 fully saturated rings. The van der Waals surface area contributed by atoms with Crippen molar-refractivity contribution >= 4 is 27.6 Å². The van der Waals surface area contributed by atoms with E-state index in [0.29, 0.717) is 0 Å². The summed E-state index contributed by atoms with van der Waals surface area (Å²) < 4.78 is 0. The molecule has 0 saturated heterocycles. The standard InChI is InChI=1S/C12H18BrNO2/c1-10(2)11(3)5-6-12(10,9(16)14-4)7(13)8(11)15/h7H,5-6H2,1-4H3,(H,14,16)/t7-,11+,12-/m1/s1. The molecule has 2 aliphatic carbocycles. The van der Waals surface area contributed by atoms with Crippen molar-refractivity contribution in [1.82, 2.24) is 5.32 Å². The Morgan fingerprint density at radius 1 is 1.38 bits per heavy atom. The van der Waals surface area contributed by atoms with Crippen molar-refractivity contribution in [2.75, 3.05) is 7.05 Å². The van der Waals surface area contributed by atoms with E-state index in [1.165, 1.54) is 0 Å². The van der Waals surface area contributed by atoms with E-state index in [0.717, 1.165) is 12.8 Å². The first kappa shape index (κ1) is 12.1. The van der Waals surface area contributed by atoms with Crippen LogP contribution in [0.4, 0.5) is 0 Å². The highest BCUT2D eigenvalue weighted by molar-refractivity contribution is 9.10. The van der Waals surface area contributed by atoms with Crippen molar-refractivity contribution in [3.63, 3.8) is 0 Å². The second kappa shape index (κ2) is 3.09. The first-order valence-corrected chi connectivity index (χ1v) is 6.58. The van der Waals surface area contributed by atoms with Crippen molar-refractivity contribution in [3.8, 4) is 0 Å². The Labute approximate surface area is 104 Å². The van der Waals surface area contributed by atoms with E-state index in [4.69, 9.17) is 0 Å². The van der Waals surface area contributed by atoms with Gasteiger partial charge in [0.2, 0.25) is 5.91 Å². The van der Waals surface area contributed by atoms with Crippen LogP contribution in [-0.4, -0.2) is 23.6 Å². The molecule has 0 aliphatic heterocycles. The number of rotatable bonds is 1. The second-order valence-corrected chi connectivity index (χ2v) is 6.65. The molecule has 90 valence electrons. The van der Waals surface area contributed by atoms with E-state index < -0.39 is 5.41 Å². The van der Waals surface area contributed by atoms with Crippen LogP contribution in [0.1, 0.15) is 33.6 Å². The summed E-state index contributed by atoms with van der Waals surface area (Å²) in [7, 11) is 1.64. The number of ketones is 1. The molecule has 3 nitrogen and oxygen atoms in total. The number of alkyl halides is 1. The van der Waals surface area contributed by atoms with Gasteiger partial charge in [0.05, 0.1) is 10.2 Å². The quantitative estimate of drug-likeness (QED) is 0.749. The van der Waals surface area contributed by atoms with Gasteiger partial charge >= 0.3 is 0 Å². The van der Waals surface area contributed by atoms with Crippen molar-refractivity contribution in [2.24, 2.45) is 16.2 Å². The Hall–Kier alpha value is -0.380. The zero-order chi connectivity index (χ0) is 12.4. The van der Waals surface area contributed by atoms with E-state index in [-0.39, 0.29) is 27.3 Å². The lowest BCUT2D eigenvalue weighted by atomic mass is 9.64. The average Bonchev–Trinajstić information content (AvgIpc) is 2.51. The molecule has 0 heterocycles. The Morgan fingerprint density at radius 3 is 2.31 bits per heavy atom. The lowest BCUT2D eigenvalue weighted by Crippen LogP contribution is -2.49. The molecule has 0 spiro atoms. The molecule has 0 aromatic carbocycles. The van der Waals surface area contributed by atoms with Gasteiger partial charge in [-0.15, -0.1) is 0 Å². The van der Waals surface area contributed by atoms with Gasteiger partial charge in [0.1, 0.15) is 0 Å². The zero-order valence-electron chi connectivity index (χ0n) is 10.2. The third kappa shape index (κ3) is 0.918. The van der Waals surface area contributed by atoms with E-state index >= 15 is 0 Å². The van der Waals surface area contributed by atoms with Crippen LogP contribution in [0.25, 0.3) is 0 Å². The number of amides is 1. The van der Waals surface area contributed by atoms with Gasteiger partial charge in [-0.05, 0) is 18.3 Å². The summed E-state index contributed by atoms with van der Waals surface area (Å²) in [5, 5.41) is 2.73. The van der Waals surface area contributed by atoms with Crippen LogP contribution in [-0.2, 0) is 9.59 Å². The molecular formula is C12H18BrNO2. The van der Waals surface area contributed by atoms with Crippen LogP contribution in [0, 0.1) is 16.2 Å². The number of halogens is 1. The van der Waals surface area contributed by atoms with Gasteiger partial charge < -0.3 is 5.32 Å². The van der Waals surface area contributed by atoms with Crippen LogP contribution < -0.4 is 5.32 Å². The fraction of sp³-hybridized carbons (Fsp3) is 0.833. The molecular weight excluding hydrogens is 270 g/mol. The molecule has 2 aliphatic rings. The van der Waals surface area contributed by atoms with Crippen LogP contribution in [0.15, 0.2) is 0 Å². The van der Waals surface area contributed by atoms with Crippen molar-refractivity contribution in [1.29, 1.82) is 0 Å². The van der Waals surface area contributed by atoms with Crippen LogP contribution >= 0.6 is 15.9 Å². The number of Topliss-reactive ketones (excluding diaryl/α,β-unsaturated/α-hetero) is 1. The molecule has 0 radical (unpaired) electrons. The zero-order valence-corrected chi connectivity index (χ0v) is 11.8. The third-order valence-corrected chi connectivity index (χ3v) is 6.55. The lowest BCUT2D eigenvalue weighted by Gasteiger charge is -2.39. The summed E-state index contributed by atoms with van der Waals surface area (Å²) in [5.41, 5.74) is -1.23.